The van der Waals surface area contributed by atoms with Gasteiger partial charge in [0.2, 0.25) is 5.91 Å². The molecule has 17 atom stereocenters. The first-order chi connectivity index (χ1) is 36.3. The van der Waals surface area contributed by atoms with Crippen LogP contribution in [0.3, 0.4) is 0 Å². The third-order valence-electron chi connectivity index (χ3n) is 15.4. The Kier molecular flexibility index (Phi) is 37.1. The molecule has 444 valence electrons. The molecule has 3 rings (SSSR count). The average Bonchev–Trinajstić information content (AvgIpc) is 3.41. The van der Waals surface area contributed by atoms with Crippen LogP contribution in [-0.2, 0) is 33.2 Å². The molecule has 3 fully saturated rings. The molecule has 0 aliphatic carbocycles. The quantitative estimate of drug-likeness (QED) is 0.0364. The van der Waals surface area contributed by atoms with Crippen molar-refractivity contribution in [2.75, 3.05) is 26.4 Å². The van der Waals surface area contributed by atoms with E-state index < -0.39 is 124 Å². The minimum absolute atomic E-state index is 0.241. The van der Waals surface area contributed by atoms with Crippen LogP contribution in [0, 0.1) is 0 Å². The number of aliphatic hydroxyl groups excluding tert-OH is 11. The molecule has 0 bridgehead atoms. The number of rotatable bonds is 44. The second-order valence-corrected chi connectivity index (χ2v) is 21.8. The molecule has 0 spiro atoms. The summed E-state index contributed by atoms with van der Waals surface area (Å²) in [4.78, 5) is 13.3. The third kappa shape index (κ3) is 25.4. The fourth-order valence-corrected chi connectivity index (χ4v) is 10.5. The average molecular weight is 1080 g/mol. The number of carbonyl (C=O) groups is 1. The van der Waals surface area contributed by atoms with Gasteiger partial charge in [0.1, 0.15) is 73.2 Å². The zero-order valence-corrected chi connectivity index (χ0v) is 46.0. The van der Waals surface area contributed by atoms with Crippen molar-refractivity contribution in [3.63, 3.8) is 0 Å². The standard InChI is InChI=1S/C56H107NO18/c1-3-5-7-9-11-13-15-17-18-19-20-21-22-23-25-27-29-31-33-40(61)39(57-44(62)34-32-30-28-26-24-16-14-12-10-8-6-4-2)38-70-54-50(68)47(65)52(42(36-59)72-54)75-56-51(69)48(66)53(43(37-60)73-56)74-55-49(67)46(64)45(63)41(35-58)71-55/h39-43,45-56,58-61,63-69H,3-38H2,1-2H3,(H,57,62). The Labute approximate surface area is 449 Å². The lowest BCUT2D eigenvalue weighted by atomic mass is 9.96. The monoisotopic (exact) mass is 1080 g/mol. The van der Waals surface area contributed by atoms with E-state index in [1.54, 1.807) is 0 Å². The molecule has 0 aromatic heterocycles. The predicted octanol–water partition coefficient (Wildman–Crippen LogP) is 4.82. The maximum atomic E-state index is 13.3. The summed E-state index contributed by atoms with van der Waals surface area (Å²) in [5.74, 6) is -0.241. The van der Waals surface area contributed by atoms with Crippen LogP contribution in [0.2, 0.25) is 0 Å². The second-order valence-electron chi connectivity index (χ2n) is 21.8. The first kappa shape index (κ1) is 68.1. The van der Waals surface area contributed by atoms with Crippen LogP contribution in [-0.4, -0.2) is 193 Å². The third-order valence-corrected chi connectivity index (χ3v) is 15.4. The van der Waals surface area contributed by atoms with E-state index in [0.717, 1.165) is 44.9 Å². The highest BCUT2D eigenvalue weighted by molar-refractivity contribution is 5.76. The van der Waals surface area contributed by atoms with E-state index in [1.807, 2.05) is 0 Å². The second kappa shape index (κ2) is 40.9. The summed E-state index contributed by atoms with van der Waals surface area (Å²) in [7, 11) is 0. The van der Waals surface area contributed by atoms with Crippen molar-refractivity contribution >= 4 is 5.91 Å². The number of amides is 1. The highest BCUT2D eigenvalue weighted by atomic mass is 16.8. The smallest absolute Gasteiger partial charge is 0.220 e. The van der Waals surface area contributed by atoms with Crippen molar-refractivity contribution in [2.45, 2.75) is 324 Å². The predicted molar refractivity (Wildman–Crippen MR) is 282 cm³/mol. The molecule has 75 heavy (non-hydrogen) atoms. The molecule has 0 radical (unpaired) electrons. The molecule has 3 aliphatic heterocycles. The van der Waals surface area contributed by atoms with Crippen LogP contribution in [0.15, 0.2) is 0 Å². The van der Waals surface area contributed by atoms with Crippen molar-refractivity contribution in [3.05, 3.63) is 0 Å². The summed E-state index contributed by atoms with van der Waals surface area (Å²) in [6, 6.07) is -0.879. The topological polar surface area (TPSA) is 307 Å². The molecule has 3 aliphatic rings. The maximum Gasteiger partial charge on any atom is 0.220 e. The lowest BCUT2D eigenvalue weighted by Gasteiger charge is -2.48. The summed E-state index contributed by atoms with van der Waals surface area (Å²) in [5.41, 5.74) is 0. The summed E-state index contributed by atoms with van der Waals surface area (Å²) in [6.45, 7) is 1.79. The molecule has 3 heterocycles. The molecule has 19 heteroatoms. The van der Waals surface area contributed by atoms with Gasteiger partial charge in [0, 0.05) is 6.42 Å². The zero-order chi connectivity index (χ0) is 54.8. The van der Waals surface area contributed by atoms with Crippen LogP contribution in [0.4, 0.5) is 0 Å². The van der Waals surface area contributed by atoms with Crippen molar-refractivity contribution in [3.8, 4) is 0 Å². The molecular weight excluding hydrogens is 975 g/mol. The van der Waals surface area contributed by atoms with Crippen molar-refractivity contribution in [1.29, 1.82) is 0 Å². The molecular formula is C56H107NO18. The van der Waals surface area contributed by atoms with Gasteiger partial charge >= 0.3 is 0 Å². The van der Waals surface area contributed by atoms with Crippen molar-refractivity contribution in [1.82, 2.24) is 5.32 Å². The van der Waals surface area contributed by atoms with Gasteiger partial charge in [0.05, 0.1) is 38.6 Å². The molecule has 0 saturated carbocycles. The number of ether oxygens (including phenoxy) is 6. The van der Waals surface area contributed by atoms with Gasteiger partial charge in [0.25, 0.3) is 0 Å². The molecule has 1 amide bonds. The van der Waals surface area contributed by atoms with E-state index in [4.69, 9.17) is 28.4 Å². The van der Waals surface area contributed by atoms with Gasteiger partial charge in [-0.2, -0.15) is 0 Å². The highest BCUT2D eigenvalue weighted by Gasteiger charge is 2.53. The Morgan fingerprint density at radius 3 is 1.16 bits per heavy atom. The summed E-state index contributed by atoms with van der Waals surface area (Å²) < 4.78 is 34.3. The molecule has 17 unspecified atom stereocenters. The number of unbranched alkanes of at least 4 members (excludes halogenated alkanes) is 28. The lowest BCUT2D eigenvalue weighted by molar-refractivity contribution is -0.379. The van der Waals surface area contributed by atoms with Crippen LogP contribution in [0.5, 0.6) is 0 Å². The van der Waals surface area contributed by atoms with Gasteiger partial charge in [-0.25, -0.2) is 0 Å². The Balaban J connectivity index is 1.49. The first-order valence-electron chi connectivity index (χ1n) is 29.8. The number of hydrogen-bond donors (Lipinski definition) is 12. The van der Waals surface area contributed by atoms with Crippen LogP contribution in [0.1, 0.15) is 219 Å². The summed E-state index contributed by atoms with van der Waals surface area (Å²) >= 11 is 0. The first-order valence-corrected chi connectivity index (χ1v) is 29.8. The summed E-state index contributed by atoms with van der Waals surface area (Å²) in [5, 5.41) is 120. The van der Waals surface area contributed by atoms with Gasteiger partial charge in [-0.1, -0.05) is 200 Å². The SMILES string of the molecule is CCCCCCCCCCCCCCCCCCCCC(O)C(COC1OC(CO)C(OC2OC(CO)C(OC3OC(CO)C(O)C(O)C3O)C(O)C2O)C(O)C1O)NC(=O)CCCCCCCCCCCCCC. The van der Waals surface area contributed by atoms with E-state index in [0.29, 0.717) is 12.8 Å². The normalized spacial score (nSPS) is 31.1. The summed E-state index contributed by atoms with van der Waals surface area (Å²) in [6.07, 6.45) is 10.5. The largest absolute Gasteiger partial charge is 0.394 e. The molecule has 0 aromatic rings. The number of carbonyl (C=O) groups excluding carboxylic acids is 1. The minimum atomic E-state index is -1.97. The van der Waals surface area contributed by atoms with E-state index in [9.17, 15) is 61.0 Å². The lowest BCUT2D eigenvalue weighted by Crippen LogP contribution is -2.66. The Bertz CT molecular complexity index is 1390. The number of hydrogen-bond acceptors (Lipinski definition) is 18. The fourth-order valence-electron chi connectivity index (χ4n) is 10.5. The number of nitrogens with one attached hydrogen (secondary N) is 1. The van der Waals surface area contributed by atoms with E-state index in [2.05, 4.69) is 19.2 Å². The van der Waals surface area contributed by atoms with Crippen LogP contribution in [0.25, 0.3) is 0 Å². The highest BCUT2D eigenvalue weighted by Crippen LogP contribution is 2.33. The zero-order valence-electron chi connectivity index (χ0n) is 46.0. The van der Waals surface area contributed by atoms with E-state index >= 15 is 0 Å². The Morgan fingerprint density at radius 1 is 0.427 bits per heavy atom. The van der Waals surface area contributed by atoms with Gasteiger partial charge in [-0.3, -0.25) is 4.79 Å². The molecule has 0 aromatic carbocycles. The molecule has 12 N–H and O–H groups in total. The van der Waals surface area contributed by atoms with E-state index in [-0.39, 0.29) is 18.9 Å². The Morgan fingerprint density at radius 2 is 0.760 bits per heavy atom. The van der Waals surface area contributed by atoms with E-state index in [1.165, 1.54) is 141 Å². The Hall–Kier alpha value is -1.21. The van der Waals surface area contributed by atoms with Gasteiger partial charge in [-0.15, -0.1) is 0 Å². The molecule has 19 nitrogen and oxygen atoms in total. The minimum Gasteiger partial charge on any atom is -0.394 e. The van der Waals surface area contributed by atoms with Gasteiger partial charge in [0.15, 0.2) is 18.9 Å². The van der Waals surface area contributed by atoms with Gasteiger partial charge in [-0.05, 0) is 12.8 Å². The maximum absolute atomic E-state index is 13.3. The van der Waals surface area contributed by atoms with Gasteiger partial charge < -0.3 is 89.9 Å². The van der Waals surface area contributed by atoms with Crippen LogP contribution >= 0.6 is 0 Å². The van der Waals surface area contributed by atoms with Crippen LogP contribution < -0.4 is 5.32 Å². The van der Waals surface area contributed by atoms with Crippen molar-refractivity contribution in [2.24, 2.45) is 0 Å². The molecule has 3 saturated heterocycles. The fraction of sp³-hybridized carbons (Fsp3) is 0.982. The number of aliphatic hydroxyl groups is 11. The van der Waals surface area contributed by atoms with Crippen molar-refractivity contribution < 1.29 is 89.4 Å².